The van der Waals surface area contributed by atoms with Gasteiger partial charge in [0.15, 0.2) is 0 Å². The fourth-order valence-corrected chi connectivity index (χ4v) is 2.42. The average molecular weight is 279 g/mol. The second-order valence-electron chi connectivity index (χ2n) is 4.99. The molecule has 108 valence electrons. The number of hydrogen-bond donors (Lipinski definition) is 1. The van der Waals surface area contributed by atoms with Crippen LogP contribution in [0, 0.1) is 25.5 Å². The van der Waals surface area contributed by atoms with Crippen LogP contribution in [-0.2, 0) is 6.54 Å². The zero-order chi connectivity index (χ0) is 14.9. The van der Waals surface area contributed by atoms with Gasteiger partial charge in [0.2, 0.25) is 0 Å². The Morgan fingerprint density at radius 1 is 1.30 bits per heavy atom. The minimum Gasteiger partial charge on any atom is -0.324 e. The predicted molar refractivity (Wildman–Crippen MR) is 74.4 cm³/mol. The number of aryl methyl sites for hydroxylation is 1. The molecular formula is C15H19F2N3. The van der Waals surface area contributed by atoms with E-state index in [0.717, 1.165) is 29.4 Å². The van der Waals surface area contributed by atoms with Crippen molar-refractivity contribution in [3.63, 3.8) is 0 Å². The Morgan fingerprint density at radius 2 is 2.00 bits per heavy atom. The summed E-state index contributed by atoms with van der Waals surface area (Å²) in [5, 5.41) is 4.41. The van der Waals surface area contributed by atoms with Crippen LogP contribution in [0.1, 0.15) is 41.9 Å². The van der Waals surface area contributed by atoms with Gasteiger partial charge >= 0.3 is 0 Å². The molecule has 2 aromatic rings. The first-order chi connectivity index (χ1) is 9.43. The Morgan fingerprint density at radius 3 is 2.60 bits per heavy atom. The smallest absolute Gasteiger partial charge is 0.131 e. The van der Waals surface area contributed by atoms with E-state index in [0.29, 0.717) is 5.56 Å². The van der Waals surface area contributed by atoms with Crippen molar-refractivity contribution in [3.05, 3.63) is 52.3 Å². The van der Waals surface area contributed by atoms with Gasteiger partial charge in [-0.2, -0.15) is 5.10 Å². The third-order valence-electron chi connectivity index (χ3n) is 3.58. The summed E-state index contributed by atoms with van der Waals surface area (Å²) in [6.07, 6.45) is 0.818. The summed E-state index contributed by atoms with van der Waals surface area (Å²) in [4.78, 5) is 0. The predicted octanol–water partition coefficient (Wildman–Crippen LogP) is 3.24. The molecule has 1 heterocycles. The standard InChI is InChI=1S/C15H19F2N3/c1-4-14(18)15-9(2)19-20(10(15)3)8-11-5-6-12(16)7-13(11)17/h5-7,14H,4,8,18H2,1-3H3. The molecule has 0 amide bonds. The third-order valence-corrected chi connectivity index (χ3v) is 3.58. The lowest BCUT2D eigenvalue weighted by Crippen LogP contribution is -2.12. The number of hydrogen-bond acceptors (Lipinski definition) is 2. The number of halogens is 2. The van der Waals surface area contributed by atoms with E-state index in [4.69, 9.17) is 5.73 Å². The number of rotatable bonds is 4. The minimum atomic E-state index is -0.576. The Labute approximate surface area is 117 Å². The zero-order valence-corrected chi connectivity index (χ0v) is 12.0. The quantitative estimate of drug-likeness (QED) is 0.933. The molecule has 0 bridgehead atoms. The van der Waals surface area contributed by atoms with E-state index in [1.54, 1.807) is 4.68 Å². The molecule has 1 unspecified atom stereocenters. The van der Waals surface area contributed by atoms with E-state index in [1.165, 1.54) is 12.1 Å². The third kappa shape index (κ3) is 2.72. The maximum Gasteiger partial charge on any atom is 0.131 e. The van der Waals surface area contributed by atoms with Gasteiger partial charge in [-0.15, -0.1) is 0 Å². The number of nitrogens with two attached hydrogens (primary N) is 1. The monoisotopic (exact) mass is 279 g/mol. The number of benzene rings is 1. The SMILES string of the molecule is CCC(N)c1c(C)nn(Cc2ccc(F)cc2F)c1C. The summed E-state index contributed by atoms with van der Waals surface area (Å²) in [6.45, 7) is 6.11. The Hall–Kier alpha value is -1.75. The van der Waals surface area contributed by atoms with Crippen molar-refractivity contribution in [1.82, 2.24) is 9.78 Å². The second kappa shape index (κ2) is 5.71. The summed E-state index contributed by atoms with van der Waals surface area (Å²) in [5.41, 5.74) is 9.29. The van der Waals surface area contributed by atoms with Crippen molar-refractivity contribution in [2.45, 2.75) is 39.8 Å². The molecule has 1 atom stereocenters. The average Bonchev–Trinajstić information content (AvgIpc) is 2.67. The molecule has 3 nitrogen and oxygen atoms in total. The van der Waals surface area contributed by atoms with Crippen LogP contribution in [0.2, 0.25) is 0 Å². The van der Waals surface area contributed by atoms with Gasteiger partial charge in [-0.3, -0.25) is 4.68 Å². The molecule has 0 aliphatic heterocycles. The highest BCUT2D eigenvalue weighted by Gasteiger charge is 2.17. The van der Waals surface area contributed by atoms with E-state index < -0.39 is 11.6 Å². The molecule has 0 fully saturated rings. The van der Waals surface area contributed by atoms with Gasteiger partial charge in [0.25, 0.3) is 0 Å². The molecule has 2 rings (SSSR count). The summed E-state index contributed by atoms with van der Waals surface area (Å²) >= 11 is 0. The fourth-order valence-electron chi connectivity index (χ4n) is 2.42. The summed E-state index contributed by atoms with van der Waals surface area (Å²) < 4.78 is 28.3. The molecular weight excluding hydrogens is 260 g/mol. The maximum absolute atomic E-state index is 13.7. The van der Waals surface area contributed by atoms with Crippen LogP contribution >= 0.6 is 0 Å². The van der Waals surface area contributed by atoms with E-state index in [1.807, 2.05) is 20.8 Å². The molecule has 0 radical (unpaired) electrons. The van der Waals surface area contributed by atoms with Gasteiger partial charge in [-0.25, -0.2) is 8.78 Å². The zero-order valence-electron chi connectivity index (χ0n) is 12.0. The Balaban J connectivity index is 2.35. The molecule has 0 saturated carbocycles. The van der Waals surface area contributed by atoms with Crippen molar-refractivity contribution in [2.24, 2.45) is 5.73 Å². The van der Waals surface area contributed by atoms with Crippen molar-refractivity contribution in [3.8, 4) is 0 Å². The Kier molecular flexibility index (Phi) is 4.18. The first-order valence-corrected chi connectivity index (χ1v) is 6.67. The Bertz CT molecular complexity index is 620. The lowest BCUT2D eigenvalue weighted by atomic mass is 10.0. The summed E-state index contributed by atoms with van der Waals surface area (Å²) in [7, 11) is 0. The molecule has 1 aromatic carbocycles. The molecule has 2 N–H and O–H groups in total. The van der Waals surface area contributed by atoms with Crippen molar-refractivity contribution in [2.75, 3.05) is 0 Å². The second-order valence-corrected chi connectivity index (χ2v) is 4.99. The molecule has 1 aromatic heterocycles. The van der Waals surface area contributed by atoms with Gasteiger partial charge in [-0.05, 0) is 26.3 Å². The highest BCUT2D eigenvalue weighted by atomic mass is 19.1. The molecule has 0 aliphatic rings. The fraction of sp³-hybridized carbons (Fsp3) is 0.400. The normalized spacial score (nSPS) is 12.7. The van der Waals surface area contributed by atoms with Gasteiger partial charge in [0, 0.05) is 28.9 Å². The van der Waals surface area contributed by atoms with E-state index in [2.05, 4.69) is 5.10 Å². The van der Waals surface area contributed by atoms with Crippen LogP contribution in [0.15, 0.2) is 18.2 Å². The van der Waals surface area contributed by atoms with E-state index >= 15 is 0 Å². The highest BCUT2D eigenvalue weighted by Crippen LogP contribution is 2.23. The van der Waals surface area contributed by atoms with Crippen LogP contribution in [0.3, 0.4) is 0 Å². The lowest BCUT2D eigenvalue weighted by Gasteiger charge is -2.10. The lowest BCUT2D eigenvalue weighted by molar-refractivity contribution is 0.554. The number of nitrogens with zero attached hydrogens (tertiary/aromatic N) is 2. The van der Waals surface area contributed by atoms with Crippen LogP contribution in [0.5, 0.6) is 0 Å². The van der Waals surface area contributed by atoms with Crippen LogP contribution in [-0.4, -0.2) is 9.78 Å². The van der Waals surface area contributed by atoms with E-state index in [-0.39, 0.29) is 12.6 Å². The summed E-state index contributed by atoms with van der Waals surface area (Å²) in [5.74, 6) is -1.13. The van der Waals surface area contributed by atoms with Crippen LogP contribution < -0.4 is 5.73 Å². The topological polar surface area (TPSA) is 43.8 Å². The van der Waals surface area contributed by atoms with Crippen LogP contribution in [0.25, 0.3) is 0 Å². The molecule has 20 heavy (non-hydrogen) atoms. The molecule has 5 heteroatoms. The highest BCUT2D eigenvalue weighted by molar-refractivity contribution is 5.29. The molecule has 0 aliphatic carbocycles. The van der Waals surface area contributed by atoms with Gasteiger partial charge in [-0.1, -0.05) is 13.0 Å². The first-order valence-electron chi connectivity index (χ1n) is 6.67. The maximum atomic E-state index is 13.7. The van der Waals surface area contributed by atoms with Gasteiger partial charge in [0.05, 0.1) is 12.2 Å². The van der Waals surface area contributed by atoms with Gasteiger partial charge in [0.1, 0.15) is 11.6 Å². The minimum absolute atomic E-state index is 0.0678. The molecule has 0 spiro atoms. The summed E-state index contributed by atoms with van der Waals surface area (Å²) in [6, 6.07) is 3.52. The van der Waals surface area contributed by atoms with E-state index in [9.17, 15) is 8.78 Å². The van der Waals surface area contributed by atoms with Gasteiger partial charge < -0.3 is 5.73 Å². The van der Waals surface area contributed by atoms with Crippen molar-refractivity contribution in [1.29, 1.82) is 0 Å². The first kappa shape index (κ1) is 14.7. The van der Waals surface area contributed by atoms with Crippen molar-refractivity contribution >= 4 is 0 Å². The van der Waals surface area contributed by atoms with Crippen LogP contribution in [0.4, 0.5) is 8.78 Å². The largest absolute Gasteiger partial charge is 0.324 e. The molecule has 0 saturated heterocycles. The number of aromatic nitrogens is 2. The van der Waals surface area contributed by atoms with Crippen molar-refractivity contribution < 1.29 is 8.78 Å².